The molecule has 0 spiro atoms. The van der Waals surface area contributed by atoms with Crippen LogP contribution in [0.2, 0.25) is 0 Å². The summed E-state index contributed by atoms with van der Waals surface area (Å²) in [7, 11) is 0. The van der Waals surface area contributed by atoms with Crippen LogP contribution in [0.1, 0.15) is 80.1 Å². The summed E-state index contributed by atoms with van der Waals surface area (Å²) in [6, 6.07) is 0. The van der Waals surface area contributed by atoms with Gasteiger partial charge < -0.3 is 19.5 Å². The number of hydrogen-bond donors (Lipinski definition) is 1. The van der Waals surface area contributed by atoms with Gasteiger partial charge in [-0.25, -0.2) is 4.79 Å². The molecule has 0 radical (unpaired) electrons. The molecule has 0 saturated heterocycles. The Balaban J connectivity index is 3.77. The van der Waals surface area contributed by atoms with E-state index in [4.69, 9.17) is 9.47 Å². The molecular formula is C19H33NO7. The average molecular weight is 387 g/mol. The predicted molar refractivity (Wildman–Crippen MR) is 98.9 cm³/mol. The summed E-state index contributed by atoms with van der Waals surface area (Å²) in [5.74, 6) is -1.58. The first-order chi connectivity index (χ1) is 12.3. The zero-order valence-electron chi connectivity index (χ0n) is 17.3. The van der Waals surface area contributed by atoms with Crippen molar-refractivity contribution < 1.29 is 33.4 Å². The van der Waals surface area contributed by atoms with Crippen LogP contribution in [0.15, 0.2) is 0 Å². The number of nitrogens with one attached hydrogen (secondary N) is 1. The molecule has 0 aliphatic rings. The normalized spacial score (nSPS) is 11.5. The highest BCUT2D eigenvalue weighted by Crippen LogP contribution is 2.11. The topological polar surface area (TPSA) is 108 Å². The highest BCUT2D eigenvalue weighted by atomic mass is 16.6. The summed E-state index contributed by atoms with van der Waals surface area (Å²) in [6.07, 6.45) is 0.990. The van der Waals surface area contributed by atoms with Crippen LogP contribution in [0.3, 0.4) is 0 Å². The van der Waals surface area contributed by atoms with E-state index in [0.29, 0.717) is 19.3 Å². The Hall–Kier alpha value is -2.12. The lowest BCUT2D eigenvalue weighted by Crippen LogP contribution is -2.33. The van der Waals surface area contributed by atoms with Gasteiger partial charge >= 0.3 is 24.0 Å². The van der Waals surface area contributed by atoms with Crippen molar-refractivity contribution in [3.05, 3.63) is 0 Å². The number of rotatable bonds is 9. The van der Waals surface area contributed by atoms with Gasteiger partial charge in [0, 0.05) is 25.8 Å². The van der Waals surface area contributed by atoms with E-state index in [2.05, 4.69) is 10.1 Å². The van der Waals surface area contributed by atoms with Gasteiger partial charge in [0.2, 0.25) is 0 Å². The van der Waals surface area contributed by atoms with Crippen LogP contribution in [0.5, 0.6) is 0 Å². The van der Waals surface area contributed by atoms with Crippen LogP contribution in [-0.4, -0.2) is 41.7 Å². The quantitative estimate of drug-likeness (QED) is 0.280. The fraction of sp³-hybridized carbons (Fsp3) is 0.789. The molecule has 0 atom stereocenters. The zero-order chi connectivity index (χ0) is 21.1. The van der Waals surface area contributed by atoms with Gasteiger partial charge in [-0.05, 0) is 60.8 Å². The van der Waals surface area contributed by atoms with Gasteiger partial charge in [0.25, 0.3) is 0 Å². The summed E-state index contributed by atoms with van der Waals surface area (Å²) < 4.78 is 14.9. The molecule has 0 aliphatic heterocycles. The van der Waals surface area contributed by atoms with Crippen LogP contribution < -0.4 is 5.32 Å². The van der Waals surface area contributed by atoms with E-state index in [1.54, 1.807) is 41.5 Å². The minimum atomic E-state index is -0.641. The van der Waals surface area contributed by atoms with E-state index < -0.39 is 29.2 Å². The Bertz CT molecular complexity index is 469. The first kappa shape index (κ1) is 24.9. The number of carbonyl (C=O) groups excluding carboxylic acids is 4. The van der Waals surface area contributed by atoms with Gasteiger partial charge in [-0.2, -0.15) is 0 Å². The summed E-state index contributed by atoms with van der Waals surface area (Å²) in [6.45, 7) is 10.9. The van der Waals surface area contributed by atoms with E-state index in [1.165, 1.54) is 0 Å². The Morgan fingerprint density at radius 3 is 1.59 bits per heavy atom. The second-order valence-corrected chi connectivity index (χ2v) is 8.17. The lowest BCUT2D eigenvalue weighted by Gasteiger charge is -2.19. The molecule has 0 bridgehead atoms. The van der Waals surface area contributed by atoms with Crippen molar-refractivity contribution in [1.82, 2.24) is 5.32 Å². The van der Waals surface area contributed by atoms with Gasteiger partial charge in [-0.3, -0.25) is 14.4 Å². The van der Waals surface area contributed by atoms with Gasteiger partial charge in [-0.1, -0.05) is 0 Å². The van der Waals surface area contributed by atoms with Crippen LogP contribution in [0, 0.1) is 0 Å². The third-order valence-electron chi connectivity index (χ3n) is 2.89. The first-order valence-electron chi connectivity index (χ1n) is 9.21. The lowest BCUT2D eigenvalue weighted by molar-refractivity contribution is -0.160. The van der Waals surface area contributed by atoms with Crippen molar-refractivity contribution in [1.29, 1.82) is 0 Å². The number of esters is 3. The van der Waals surface area contributed by atoms with E-state index in [9.17, 15) is 19.2 Å². The standard InChI is InChI=1S/C19H33NO7/c1-18(2,3)26-16(23)11-8-7-10-14(21)25-15(22)12-9-13-20-17(24)27-19(4,5)6/h7-13H2,1-6H3,(H,20,24). The second kappa shape index (κ2) is 11.6. The van der Waals surface area contributed by atoms with Gasteiger partial charge in [-0.15, -0.1) is 0 Å². The molecule has 0 saturated carbocycles. The zero-order valence-corrected chi connectivity index (χ0v) is 17.3. The first-order valence-corrected chi connectivity index (χ1v) is 9.21. The van der Waals surface area contributed by atoms with Gasteiger partial charge in [0.15, 0.2) is 0 Å². The fourth-order valence-electron chi connectivity index (χ4n) is 1.90. The van der Waals surface area contributed by atoms with Crippen molar-refractivity contribution >= 4 is 24.0 Å². The molecule has 156 valence electrons. The Morgan fingerprint density at radius 1 is 0.667 bits per heavy atom. The molecule has 0 aromatic carbocycles. The van der Waals surface area contributed by atoms with E-state index in [0.717, 1.165) is 0 Å². The van der Waals surface area contributed by atoms with Crippen LogP contribution in [0.4, 0.5) is 4.79 Å². The van der Waals surface area contributed by atoms with E-state index in [-0.39, 0.29) is 31.8 Å². The van der Waals surface area contributed by atoms with E-state index >= 15 is 0 Å². The molecule has 0 aromatic rings. The maximum atomic E-state index is 11.6. The minimum Gasteiger partial charge on any atom is -0.460 e. The van der Waals surface area contributed by atoms with Crippen LogP contribution in [-0.2, 0) is 28.6 Å². The molecule has 0 aliphatic carbocycles. The summed E-state index contributed by atoms with van der Waals surface area (Å²) in [5.41, 5.74) is -1.11. The van der Waals surface area contributed by atoms with Gasteiger partial charge in [0.05, 0.1) is 0 Å². The lowest BCUT2D eigenvalue weighted by atomic mass is 10.1. The molecule has 27 heavy (non-hydrogen) atoms. The molecule has 8 nitrogen and oxygen atoms in total. The number of unbranched alkanes of at least 4 members (excludes halogenated alkanes) is 1. The SMILES string of the molecule is CC(C)(C)OC(=O)CCCCC(=O)OC(=O)CCCNC(=O)OC(C)(C)C. The number of ether oxygens (including phenoxy) is 3. The van der Waals surface area contributed by atoms with Crippen molar-refractivity contribution in [2.24, 2.45) is 0 Å². The van der Waals surface area contributed by atoms with Crippen molar-refractivity contribution in [2.75, 3.05) is 6.54 Å². The summed E-state index contributed by atoms with van der Waals surface area (Å²) >= 11 is 0. The van der Waals surface area contributed by atoms with Crippen molar-refractivity contribution in [3.63, 3.8) is 0 Å². The maximum absolute atomic E-state index is 11.6. The Labute approximate surface area is 161 Å². The highest BCUT2D eigenvalue weighted by Gasteiger charge is 2.17. The monoisotopic (exact) mass is 387 g/mol. The summed E-state index contributed by atoms with van der Waals surface area (Å²) in [4.78, 5) is 46.1. The smallest absolute Gasteiger partial charge is 0.407 e. The number of hydrogen-bond acceptors (Lipinski definition) is 7. The molecule has 0 fully saturated rings. The molecular weight excluding hydrogens is 354 g/mol. The molecule has 0 rings (SSSR count). The Morgan fingerprint density at radius 2 is 1.11 bits per heavy atom. The van der Waals surface area contributed by atoms with Crippen molar-refractivity contribution in [2.45, 2.75) is 91.3 Å². The third kappa shape index (κ3) is 17.1. The molecule has 0 aromatic heterocycles. The van der Waals surface area contributed by atoms with E-state index in [1.807, 2.05) is 0 Å². The largest absolute Gasteiger partial charge is 0.460 e. The van der Waals surface area contributed by atoms with Crippen LogP contribution >= 0.6 is 0 Å². The van der Waals surface area contributed by atoms with Gasteiger partial charge in [0.1, 0.15) is 11.2 Å². The minimum absolute atomic E-state index is 0.0133. The molecule has 0 unspecified atom stereocenters. The predicted octanol–water partition coefficient (Wildman–Crippen LogP) is 3.26. The molecule has 0 heterocycles. The summed E-state index contributed by atoms with van der Waals surface area (Å²) in [5, 5.41) is 2.52. The average Bonchev–Trinajstić information content (AvgIpc) is 2.44. The van der Waals surface area contributed by atoms with Crippen LogP contribution in [0.25, 0.3) is 0 Å². The number of alkyl carbamates (subject to hydrolysis) is 1. The third-order valence-corrected chi connectivity index (χ3v) is 2.89. The Kier molecular flexibility index (Phi) is 10.7. The van der Waals surface area contributed by atoms with Crippen molar-refractivity contribution in [3.8, 4) is 0 Å². The molecule has 1 N–H and O–H groups in total. The maximum Gasteiger partial charge on any atom is 0.407 e. The number of carbonyl (C=O) groups is 4. The second-order valence-electron chi connectivity index (χ2n) is 8.17. The number of amides is 1. The molecule has 8 heteroatoms. The fourth-order valence-corrected chi connectivity index (χ4v) is 1.90. The molecule has 1 amide bonds. The highest BCUT2D eigenvalue weighted by molar-refractivity contribution is 5.85.